The lowest BCUT2D eigenvalue weighted by molar-refractivity contribution is -0.137. The van der Waals surface area contributed by atoms with Crippen LogP contribution in [0.5, 0.6) is 0 Å². The van der Waals surface area contributed by atoms with Gasteiger partial charge in [-0.25, -0.2) is 0 Å². The molecule has 0 radical (unpaired) electrons. The van der Waals surface area contributed by atoms with E-state index < -0.39 is 22.0 Å². The molecule has 15 heavy (non-hydrogen) atoms. The van der Waals surface area contributed by atoms with Crippen LogP contribution in [0.25, 0.3) is 0 Å². The molecule has 0 fully saturated rings. The Morgan fingerprint density at radius 2 is 2.00 bits per heavy atom. The number of nitrogens with zero attached hydrogens (tertiary/aromatic N) is 1. The third kappa shape index (κ3) is 5.51. The van der Waals surface area contributed by atoms with Crippen LogP contribution in [0.2, 0.25) is 0 Å². The van der Waals surface area contributed by atoms with Gasteiger partial charge >= 0.3 is 5.97 Å². The molecule has 0 saturated heterocycles. The van der Waals surface area contributed by atoms with Gasteiger partial charge in [0.05, 0.1) is 6.42 Å². The monoisotopic (exact) mass is 235 g/mol. The zero-order chi connectivity index (χ0) is 12.0. The number of aliphatic carboxylic acids is 1. The second-order valence-corrected chi connectivity index (χ2v) is 5.20. The minimum absolute atomic E-state index is 0.0984. The molecule has 0 aliphatic heterocycles. The molecule has 0 rings (SSSR count). The van der Waals surface area contributed by atoms with E-state index in [0.29, 0.717) is 6.54 Å². The zero-order valence-corrected chi connectivity index (χ0v) is 10.0. The Hall–Kier alpha value is -0.910. The summed E-state index contributed by atoms with van der Waals surface area (Å²) in [5, 5.41) is 8.00. The van der Waals surface area contributed by atoms with Crippen LogP contribution in [-0.4, -0.2) is 50.7 Å². The topological polar surface area (TPSA) is 74.7 Å². The highest BCUT2D eigenvalue weighted by Gasteiger charge is 2.19. The summed E-state index contributed by atoms with van der Waals surface area (Å²) < 4.78 is 11.5. The van der Waals surface area contributed by atoms with E-state index in [1.54, 1.807) is 14.0 Å². The van der Waals surface area contributed by atoms with E-state index in [9.17, 15) is 13.8 Å². The standard InChI is InChI=1S/C9H17NO4S/c1-4-10(3)8(11)6-15(14)7(2)5-9(12)13/h7H,4-6H2,1-3H3,(H,12,13). The van der Waals surface area contributed by atoms with E-state index in [-0.39, 0.29) is 18.1 Å². The summed E-state index contributed by atoms with van der Waals surface area (Å²) in [6.45, 7) is 3.95. The molecule has 1 N–H and O–H groups in total. The lowest BCUT2D eigenvalue weighted by atomic mass is 10.3. The van der Waals surface area contributed by atoms with Crippen LogP contribution in [0.3, 0.4) is 0 Å². The number of carboxylic acid groups (broad SMARTS) is 1. The van der Waals surface area contributed by atoms with Crippen LogP contribution in [0.4, 0.5) is 0 Å². The third-order valence-electron chi connectivity index (χ3n) is 2.08. The number of hydrogen-bond donors (Lipinski definition) is 1. The van der Waals surface area contributed by atoms with Gasteiger partial charge in [-0.1, -0.05) is 6.92 Å². The molecule has 2 atom stereocenters. The van der Waals surface area contributed by atoms with Gasteiger partial charge in [0.1, 0.15) is 5.75 Å². The molecule has 0 aliphatic carbocycles. The van der Waals surface area contributed by atoms with Crippen LogP contribution in [0, 0.1) is 0 Å². The van der Waals surface area contributed by atoms with Gasteiger partial charge in [0.25, 0.3) is 0 Å². The molecule has 0 bridgehead atoms. The Bertz CT molecular complexity index is 267. The number of rotatable bonds is 6. The molecule has 0 saturated carbocycles. The predicted molar refractivity (Wildman–Crippen MR) is 58.0 cm³/mol. The van der Waals surface area contributed by atoms with Crippen molar-refractivity contribution in [3.63, 3.8) is 0 Å². The second-order valence-electron chi connectivity index (χ2n) is 3.34. The van der Waals surface area contributed by atoms with Gasteiger partial charge in [0.15, 0.2) is 0 Å². The molecule has 2 unspecified atom stereocenters. The lowest BCUT2D eigenvalue weighted by Crippen LogP contribution is -2.33. The molecule has 0 aromatic carbocycles. The van der Waals surface area contributed by atoms with Crippen molar-refractivity contribution in [1.29, 1.82) is 0 Å². The quantitative estimate of drug-likeness (QED) is 0.707. The fraction of sp³-hybridized carbons (Fsp3) is 0.778. The van der Waals surface area contributed by atoms with Crippen molar-refractivity contribution in [2.45, 2.75) is 25.5 Å². The number of amides is 1. The Kier molecular flexibility index (Phi) is 6.15. The van der Waals surface area contributed by atoms with Crippen molar-refractivity contribution in [3.05, 3.63) is 0 Å². The van der Waals surface area contributed by atoms with Crippen LogP contribution < -0.4 is 0 Å². The highest BCUT2D eigenvalue weighted by Crippen LogP contribution is 2.03. The molecule has 5 nitrogen and oxygen atoms in total. The summed E-state index contributed by atoms with van der Waals surface area (Å²) in [6.07, 6.45) is -0.171. The lowest BCUT2D eigenvalue weighted by Gasteiger charge is -2.15. The summed E-state index contributed by atoms with van der Waals surface area (Å²) in [5.41, 5.74) is 0. The molecule has 6 heteroatoms. The molecule has 0 aromatic heterocycles. The van der Waals surface area contributed by atoms with E-state index in [1.165, 1.54) is 4.90 Å². The maximum atomic E-state index is 11.5. The predicted octanol–water partition coefficient (Wildman–Crippen LogP) is 0.0766. The molecule has 0 aliphatic rings. The maximum Gasteiger partial charge on any atom is 0.304 e. The Morgan fingerprint density at radius 1 is 1.47 bits per heavy atom. The Balaban J connectivity index is 4.13. The fourth-order valence-corrected chi connectivity index (χ4v) is 1.97. The van der Waals surface area contributed by atoms with Crippen molar-refractivity contribution < 1.29 is 18.9 Å². The minimum Gasteiger partial charge on any atom is -0.481 e. The van der Waals surface area contributed by atoms with E-state index in [2.05, 4.69) is 0 Å². The summed E-state index contributed by atoms with van der Waals surface area (Å²) >= 11 is 0. The van der Waals surface area contributed by atoms with Gasteiger partial charge in [-0.05, 0) is 6.92 Å². The van der Waals surface area contributed by atoms with Crippen LogP contribution in [0.15, 0.2) is 0 Å². The van der Waals surface area contributed by atoms with E-state index in [0.717, 1.165) is 0 Å². The SMILES string of the molecule is CCN(C)C(=O)CS(=O)C(C)CC(=O)O. The molecular formula is C9H17NO4S. The van der Waals surface area contributed by atoms with Crippen molar-refractivity contribution in [1.82, 2.24) is 4.90 Å². The number of carboxylic acids is 1. The summed E-state index contributed by atoms with van der Waals surface area (Å²) in [4.78, 5) is 23.2. The van der Waals surface area contributed by atoms with Crippen molar-refractivity contribution >= 4 is 22.7 Å². The van der Waals surface area contributed by atoms with E-state index in [4.69, 9.17) is 5.11 Å². The molecule has 1 amide bonds. The highest BCUT2D eigenvalue weighted by atomic mass is 32.2. The third-order valence-corrected chi connectivity index (χ3v) is 3.67. The van der Waals surface area contributed by atoms with E-state index in [1.807, 2.05) is 6.92 Å². The van der Waals surface area contributed by atoms with Crippen molar-refractivity contribution in [2.75, 3.05) is 19.3 Å². The first-order valence-electron chi connectivity index (χ1n) is 4.71. The van der Waals surface area contributed by atoms with Crippen LogP contribution >= 0.6 is 0 Å². The van der Waals surface area contributed by atoms with Gasteiger partial charge in [-0.3, -0.25) is 13.8 Å². The first-order chi connectivity index (χ1) is 6.88. The largest absolute Gasteiger partial charge is 0.481 e. The van der Waals surface area contributed by atoms with Gasteiger partial charge in [0, 0.05) is 29.6 Å². The highest BCUT2D eigenvalue weighted by molar-refractivity contribution is 7.86. The molecule has 88 valence electrons. The average molecular weight is 235 g/mol. The van der Waals surface area contributed by atoms with Gasteiger partial charge in [0.2, 0.25) is 5.91 Å². The minimum atomic E-state index is -1.41. The number of carbonyl (C=O) groups is 2. The van der Waals surface area contributed by atoms with Crippen molar-refractivity contribution in [2.24, 2.45) is 0 Å². The smallest absolute Gasteiger partial charge is 0.304 e. The van der Waals surface area contributed by atoms with Crippen LogP contribution in [-0.2, 0) is 20.4 Å². The second kappa shape index (κ2) is 6.55. The molecule has 0 spiro atoms. The normalized spacial score (nSPS) is 14.3. The van der Waals surface area contributed by atoms with Gasteiger partial charge in [-0.15, -0.1) is 0 Å². The Morgan fingerprint density at radius 3 is 2.40 bits per heavy atom. The van der Waals surface area contributed by atoms with Gasteiger partial charge in [-0.2, -0.15) is 0 Å². The summed E-state index contributed by atoms with van der Waals surface area (Å²) in [7, 11) is 0.217. The first-order valence-corrected chi connectivity index (χ1v) is 6.09. The number of carbonyl (C=O) groups excluding carboxylic acids is 1. The summed E-state index contributed by atoms with van der Waals surface area (Å²) in [5.74, 6) is -1.31. The maximum absolute atomic E-state index is 11.5. The average Bonchev–Trinajstić information content (AvgIpc) is 2.15. The van der Waals surface area contributed by atoms with Gasteiger partial charge < -0.3 is 10.0 Å². The summed E-state index contributed by atoms with van der Waals surface area (Å²) in [6, 6.07) is 0. The number of hydrogen-bond acceptors (Lipinski definition) is 3. The van der Waals surface area contributed by atoms with Crippen LogP contribution in [0.1, 0.15) is 20.3 Å². The fourth-order valence-electron chi connectivity index (χ4n) is 0.889. The molecule has 0 heterocycles. The zero-order valence-electron chi connectivity index (χ0n) is 9.23. The van der Waals surface area contributed by atoms with Crippen molar-refractivity contribution in [3.8, 4) is 0 Å². The Labute approximate surface area is 91.9 Å². The van der Waals surface area contributed by atoms with E-state index >= 15 is 0 Å². The molecule has 0 aromatic rings. The molecular weight excluding hydrogens is 218 g/mol. The first kappa shape index (κ1) is 14.1.